The number of rotatable bonds is 9. The highest BCUT2D eigenvalue weighted by Crippen LogP contribution is 2.66. The molecule has 338 valence electrons. The predicted molar refractivity (Wildman–Crippen MR) is 234 cm³/mol. The Hall–Kier alpha value is -2.58. The Kier molecular flexibility index (Phi) is 13.2. The van der Waals surface area contributed by atoms with Gasteiger partial charge in [-0.2, -0.15) is 0 Å². The van der Waals surface area contributed by atoms with Crippen LogP contribution in [0.5, 0.6) is 0 Å². The molecule has 0 saturated heterocycles. The van der Waals surface area contributed by atoms with Crippen LogP contribution in [0.3, 0.4) is 0 Å². The Labute approximate surface area is 367 Å². The predicted octanol–water partition coefficient (Wildman–Crippen LogP) is 10.7. The van der Waals surface area contributed by atoms with Gasteiger partial charge in [-0.3, -0.25) is 43.5 Å². The summed E-state index contributed by atoms with van der Waals surface area (Å²) in [6.45, 7) is 0. The lowest BCUT2D eigenvalue weighted by atomic mass is 9.45. The number of hydrogen-bond donors (Lipinski definition) is 0. The summed E-state index contributed by atoms with van der Waals surface area (Å²) in [6.07, 6.45) is 30.8. The van der Waals surface area contributed by atoms with Gasteiger partial charge in [-0.1, -0.05) is 116 Å². The topological polar surface area (TPSA) is 112 Å². The third kappa shape index (κ3) is 8.46. The van der Waals surface area contributed by atoms with Gasteiger partial charge in [0.15, 0.2) is 0 Å². The van der Waals surface area contributed by atoms with Crippen LogP contribution < -0.4 is 0 Å². The van der Waals surface area contributed by atoms with Gasteiger partial charge in [0.25, 0.3) is 0 Å². The van der Waals surface area contributed by atoms with Crippen molar-refractivity contribution in [3.63, 3.8) is 0 Å². The van der Waals surface area contributed by atoms with Crippen LogP contribution in [0.4, 0.5) is 0 Å². The Bertz CT molecular complexity index is 1350. The van der Waals surface area contributed by atoms with Gasteiger partial charge in [-0.05, 0) is 121 Å². The minimum absolute atomic E-state index is 0.0290. The van der Waals surface area contributed by atoms with E-state index in [1.54, 1.807) is 14.7 Å². The summed E-state index contributed by atoms with van der Waals surface area (Å²) < 4.78 is 0. The van der Waals surface area contributed by atoms with Crippen molar-refractivity contribution in [3.8, 4) is 0 Å². The van der Waals surface area contributed by atoms with Gasteiger partial charge >= 0.3 is 0 Å². The van der Waals surface area contributed by atoms with Crippen molar-refractivity contribution in [2.75, 3.05) is 0 Å². The van der Waals surface area contributed by atoms with Crippen LogP contribution in [0.15, 0.2) is 0 Å². The first-order valence-electron chi connectivity index (χ1n) is 26.3. The van der Waals surface area contributed by atoms with Crippen molar-refractivity contribution in [2.24, 2.45) is 41.4 Å². The highest BCUT2D eigenvalue weighted by Gasteiger charge is 2.72. The minimum Gasteiger partial charge on any atom is -0.276 e. The molecular formula is C52H79N3O6. The van der Waals surface area contributed by atoms with Gasteiger partial charge in [-0.15, -0.1) is 0 Å². The van der Waals surface area contributed by atoms with E-state index in [0.29, 0.717) is 38.5 Å². The van der Waals surface area contributed by atoms with Crippen molar-refractivity contribution >= 4 is 35.4 Å². The lowest BCUT2D eigenvalue weighted by Crippen LogP contribution is -2.80. The van der Waals surface area contributed by atoms with E-state index in [0.717, 1.165) is 193 Å². The van der Waals surface area contributed by atoms with Crippen LogP contribution in [0, 0.1) is 41.4 Å². The molecule has 0 aliphatic heterocycles. The summed E-state index contributed by atoms with van der Waals surface area (Å²) in [5.74, 6) is -1.67. The standard InChI is InChI=1S/C52H79N3O6/c56-44(38-19-7-1-8-20-38)53(45(57)39-21-9-2-10-22-39)50-31-37-32-51(34-50,54(46(58)40-23-11-3-12-24-40)47(59)41-25-13-4-14-26-41)36-52(33-37,35-50)55(48(60)42-27-15-5-16-28-42)49(61)43-29-17-6-18-30-43/h37-43H,1-36H2. The first kappa shape index (κ1) is 43.7. The van der Waals surface area contributed by atoms with E-state index in [9.17, 15) is 0 Å². The number of nitrogens with zero attached hydrogens (tertiary/aromatic N) is 3. The summed E-state index contributed by atoms with van der Waals surface area (Å²) in [5, 5.41) is 0. The van der Waals surface area contributed by atoms with Gasteiger partial charge in [0.05, 0.1) is 16.6 Å². The summed E-state index contributed by atoms with van der Waals surface area (Å²) in [6, 6.07) is 0. The number of carbonyl (C=O) groups excluding carboxylic acids is 6. The molecule has 0 atom stereocenters. The van der Waals surface area contributed by atoms with E-state index in [4.69, 9.17) is 0 Å². The number of amides is 6. The van der Waals surface area contributed by atoms with Crippen LogP contribution in [-0.2, 0) is 28.8 Å². The molecule has 10 saturated carbocycles. The number of imide groups is 3. The Balaban J connectivity index is 1.22. The quantitative estimate of drug-likeness (QED) is 0.214. The summed E-state index contributed by atoms with van der Waals surface area (Å²) in [5.41, 5.74) is -2.92. The van der Waals surface area contributed by atoms with Crippen LogP contribution in [0.25, 0.3) is 0 Å². The first-order valence-corrected chi connectivity index (χ1v) is 26.3. The van der Waals surface area contributed by atoms with Crippen molar-refractivity contribution in [1.29, 1.82) is 0 Å². The van der Waals surface area contributed by atoms with E-state index < -0.39 is 16.6 Å². The monoisotopic (exact) mass is 842 g/mol. The molecule has 6 amide bonds. The largest absolute Gasteiger partial charge is 0.276 e. The number of carbonyl (C=O) groups is 6. The average molecular weight is 842 g/mol. The average Bonchev–Trinajstić information content (AvgIpc) is 3.30. The zero-order chi connectivity index (χ0) is 42.2. The maximum absolute atomic E-state index is 15.6. The summed E-state index contributed by atoms with van der Waals surface area (Å²) in [7, 11) is 0. The van der Waals surface area contributed by atoms with E-state index in [-0.39, 0.29) is 76.9 Å². The van der Waals surface area contributed by atoms with E-state index in [2.05, 4.69) is 0 Å². The zero-order valence-corrected chi connectivity index (χ0v) is 37.8. The fraction of sp³-hybridized carbons (Fsp3) is 0.885. The molecule has 0 spiro atoms. The SMILES string of the molecule is O=C(C1CCCCC1)N(C(=O)C1CCCCC1)C12CC3CC(N(C(=O)C4CCCCC4)C(=O)C4CCCCC4)(C1)CC(N(C(=O)C1CCCCC1)C(=O)C1CCCCC1)(C3)C2. The second-order valence-corrected chi connectivity index (χ2v) is 22.7. The fourth-order valence-electron chi connectivity index (χ4n) is 16.0. The Morgan fingerprint density at radius 2 is 0.426 bits per heavy atom. The molecule has 61 heavy (non-hydrogen) atoms. The third-order valence-electron chi connectivity index (χ3n) is 18.5. The molecule has 0 N–H and O–H groups in total. The van der Waals surface area contributed by atoms with Gasteiger partial charge < -0.3 is 0 Å². The van der Waals surface area contributed by atoms with Gasteiger partial charge in [0.2, 0.25) is 35.4 Å². The molecular weight excluding hydrogens is 763 g/mol. The molecule has 0 unspecified atom stereocenters. The molecule has 0 heterocycles. The van der Waals surface area contributed by atoms with E-state index in [1.807, 2.05) is 0 Å². The molecule has 0 aromatic carbocycles. The van der Waals surface area contributed by atoms with Crippen LogP contribution >= 0.6 is 0 Å². The summed E-state index contributed by atoms with van der Waals surface area (Å²) in [4.78, 5) is 98.9. The highest BCUT2D eigenvalue weighted by molar-refractivity contribution is 6.01. The molecule has 10 aliphatic rings. The second-order valence-electron chi connectivity index (χ2n) is 22.7. The molecule has 9 nitrogen and oxygen atoms in total. The van der Waals surface area contributed by atoms with Crippen molar-refractivity contribution in [1.82, 2.24) is 14.7 Å². The second kappa shape index (κ2) is 18.5. The van der Waals surface area contributed by atoms with Gasteiger partial charge in [-0.25, -0.2) is 0 Å². The van der Waals surface area contributed by atoms with Crippen molar-refractivity contribution in [3.05, 3.63) is 0 Å². The smallest absolute Gasteiger partial charge is 0.232 e. The molecule has 0 aromatic rings. The molecule has 0 radical (unpaired) electrons. The first-order chi connectivity index (χ1) is 29.6. The summed E-state index contributed by atoms with van der Waals surface area (Å²) >= 11 is 0. The normalized spacial score (nSPS) is 33.5. The molecule has 10 rings (SSSR count). The molecule has 10 aliphatic carbocycles. The maximum Gasteiger partial charge on any atom is 0.232 e. The van der Waals surface area contributed by atoms with Crippen LogP contribution in [0.2, 0.25) is 0 Å². The van der Waals surface area contributed by atoms with Crippen molar-refractivity contribution < 1.29 is 28.8 Å². The zero-order valence-electron chi connectivity index (χ0n) is 37.8. The van der Waals surface area contributed by atoms with E-state index in [1.165, 1.54) is 0 Å². The van der Waals surface area contributed by atoms with Crippen LogP contribution in [0.1, 0.15) is 231 Å². The molecule has 0 aromatic heterocycles. The highest BCUT2D eigenvalue weighted by atomic mass is 16.2. The van der Waals surface area contributed by atoms with Gasteiger partial charge in [0, 0.05) is 35.5 Å². The van der Waals surface area contributed by atoms with Crippen LogP contribution in [-0.4, -0.2) is 66.8 Å². The minimum atomic E-state index is -0.974. The Morgan fingerprint density at radius 1 is 0.262 bits per heavy atom. The third-order valence-corrected chi connectivity index (χ3v) is 18.5. The van der Waals surface area contributed by atoms with Crippen molar-refractivity contribution in [2.45, 2.75) is 248 Å². The fourth-order valence-corrected chi connectivity index (χ4v) is 16.0. The maximum atomic E-state index is 15.6. The lowest BCUT2D eigenvalue weighted by molar-refractivity contribution is -0.210. The molecule has 10 fully saturated rings. The Morgan fingerprint density at radius 3 is 0.590 bits per heavy atom. The molecule has 4 bridgehead atoms. The number of hydrogen-bond acceptors (Lipinski definition) is 6. The lowest BCUT2D eigenvalue weighted by Gasteiger charge is -2.71. The molecule has 9 heteroatoms. The van der Waals surface area contributed by atoms with E-state index >= 15 is 28.8 Å². The van der Waals surface area contributed by atoms with Gasteiger partial charge in [0.1, 0.15) is 0 Å².